The fourth-order valence-electron chi connectivity index (χ4n) is 12.6. The fraction of sp³-hybridized carbons (Fsp3) is 0.333. The summed E-state index contributed by atoms with van der Waals surface area (Å²) in [5.41, 5.74) is -4.29. The highest BCUT2D eigenvalue weighted by Crippen LogP contribution is 2.91. The number of rotatable bonds is 8. The molecule has 54 heavy (non-hydrogen) atoms. The van der Waals surface area contributed by atoms with Gasteiger partial charge in [-0.15, -0.1) is 0 Å². The summed E-state index contributed by atoms with van der Waals surface area (Å²) >= 11 is 0. The van der Waals surface area contributed by atoms with Crippen LogP contribution in [0.25, 0.3) is 0 Å². The van der Waals surface area contributed by atoms with Crippen LogP contribution in [0.3, 0.4) is 0 Å². The molecule has 4 N–H and O–H groups in total. The summed E-state index contributed by atoms with van der Waals surface area (Å²) in [5, 5.41) is 47.5. The average Bonchev–Trinajstić information content (AvgIpc) is 3.20. The van der Waals surface area contributed by atoms with E-state index in [9.17, 15) is 39.6 Å². The molecular weight excluding hydrogens is 692 g/mol. The number of nitrogens with zero attached hydrogens (tertiary/aromatic N) is 2. The number of hydrogen-bond acceptors (Lipinski definition) is 10. The van der Waals surface area contributed by atoms with Crippen molar-refractivity contribution in [2.24, 2.45) is 21.7 Å². The van der Waals surface area contributed by atoms with Crippen LogP contribution in [0.1, 0.15) is 43.7 Å². The van der Waals surface area contributed by atoms with E-state index in [1.54, 1.807) is 36.4 Å². The molecule has 10 rings (SSSR count). The molecular formula is C42H38N2O10. The van der Waals surface area contributed by atoms with Crippen molar-refractivity contribution in [3.8, 4) is 0 Å². The van der Waals surface area contributed by atoms with Crippen LogP contribution in [0.5, 0.6) is 0 Å². The van der Waals surface area contributed by atoms with Gasteiger partial charge in [-0.3, -0.25) is 9.80 Å². The van der Waals surface area contributed by atoms with Crippen molar-refractivity contribution in [3.05, 3.63) is 144 Å². The van der Waals surface area contributed by atoms with Crippen LogP contribution in [-0.2, 0) is 9.47 Å². The van der Waals surface area contributed by atoms with Crippen LogP contribution in [0.4, 0.5) is 9.59 Å². The summed E-state index contributed by atoms with van der Waals surface area (Å²) in [6.45, 7) is -2.53. The fourth-order valence-corrected chi connectivity index (χ4v) is 12.6. The Kier molecular flexibility index (Phi) is 7.67. The zero-order chi connectivity index (χ0) is 37.6. The summed E-state index contributed by atoms with van der Waals surface area (Å²) in [6, 6.07) is 29.9. The quantitative estimate of drug-likeness (QED) is 0.155. The lowest BCUT2D eigenvalue weighted by atomic mass is 9.16. The summed E-state index contributed by atoms with van der Waals surface area (Å²) in [7, 11) is 0. The van der Waals surface area contributed by atoms with Crippen LogP contribution < -0.4 is 0 Å². The highest BCUT2D eigenvalue weighted by atomic mass is 16.6. The van der Waals surface area contributed by atoms with Gasteiger partial charge in [0.2, 0.25) is 0 Å². The Balaban J connectivity index is 1.29. The SMILES string of the molecule is O=C(OC(=O)N1C2C3(CO)C(c4ccccc4)C4(CO)C1C1(CO)C(c5ccccc5)C2(CO)C3N(C(=O)OC(=O)c2ccccc2)C41)c1ccccc1. The lowest BCUT2D eigenvalue weighted by Gasteiger charge is -2.97. The second kappa shape index (κ2) is 12.1. The first-order valence-corrected chi connectivity index (χ1v) is 18.0. The second-order valence-corrected chi connectivity index (χ2v) is 15.2. The third-order valence-electron chi connectivity index (χ3n) is 13.5. The molecule has 4 aromatic rings. The van der Waals surface area contributed by atoms with Crippen molar-refractivity contribution in [2.75, 3.05) is 26.4 Å². The van der Waals surface area contributed by atoms with E-state index in [4.69, 9.17) is 9.47 Å². The molecule has 12 heteroatoms. The number of benzene rings is 4. The third-order valence-corrected chi connectivity index (χ3v) is 13.5. The summed E-state index contributed by atoms with van der Waals surface area (Å²) in [4.78, 5) is 59.0. The number of piperidine rings is 4. The number of aliphatic hydroxyl groups excluding tert-OH is 4. The monoisotopic (exact) mass is 730 g/mol. The molecule has 2 saturated carbocycles. The van der Waals surface area contributed by atoms with Gasteiger partial charge >= 0.3 is 24.1 Å². The van der Waals surface area contributed by atoms with Gasteiger partial charge in [-0.25, -0.2) is 19.2 Å². The standard InChI is InChI=1S/C42H38N2O10/c45-21-39-29(25-13-5-1-6-14-25)40(22-46)34-42(24-48)30(26-15-7-2-8-16-26)41(23-47,33(39)43(34)37(51)53-31(49)27-17-9-3-10-18-27)35(39)44(36(40)42)38(52)54-32(50)28-19-11-4-12-20-28/h1-20,29-30,33-36,45-48H,21-24H2. The van der Waals surface area contributed by atoms with E-state index in [-0.39, 0.29) is 11.1 Å². The number of amides is 2. The maximum atomic E-state index is 14.7. The predicted molar refractivity (Wildman–Crippen MR) is 190 cm³/mol. The van der Waals surface area contributed by atoms with Crippen molar-refractivity contribution in [1.82, 2.24) is 9.80 Å². The first kappa shape index (κ1) is 34.4. The van der Waals surface area contributed by atoms with Crippen LogP contribution in [0.2, 0.25) is 0 Å². The summed E-state index contributed by atoms with van der Waals surface area (Å²) in [5.74, 6) is -3.31. The minimum absolute atomic E-state index is 0.120. The number of esters is 2. The van der Waals surface area contributed by atoms with Crippen molar-refractivity contribution in [2.45, 2.75) is 36.0 Å². The van der Waals surface area contributed by atoms with E-state index < -0.39 is 108 Å². The smallest absolute Gasteiger partial charge is 0.396 e. The Morgan fingerprint density at radius 2 is 0.704 bits per heavy atom. The highest BCUT2D eigenvalue weighted by Gasteiger charge is 3.01. The molecule has 0 atom stereocenters. The van der Waals surface area contributed by atoms with E-state index in [1.165, 1.54) is 34.1 Å². The van der Waals surface area contributed by atoms with Crippen molar-refractivity contribution >= 4 is 24.1 Å². The van der Waals surface area contributed by atoms with Crippen LogP contribution in [0.15, 0.2) is 121 Å². The predicted octanol–water partition coefficient (Wildman–Crippen LogP) is 3.57. The lowest BCUT2D eigenvalue weighted by Crippen LogP contribution is -3.08. The minimum atomic E-state index is -1.49. The molecule has 0 unspecified atom stereocenters. The molecule has 8 bridgehead atoms. The molecule has 4 saturated heterocycles. The first-order chi connectivity index (χ1) is 26.2. The molecule has 0 aromatic heterocycles. The topological polar surface area (TPSA) is 174 Å². The molecule has 2 aliphatic carbocycles. The van der Waals surface area contributed by atoms with Crippen LogP contribution in [-0.4, -0.2) is 105 Å². The zero-order valence-electron chi connectivity index (χ0n) is 29.0. The van der Waals surface area contributed by atoms with E-state index in [0.29, 0.717) is 11.1 Å². The average molecular weight is 731 g/mol. The van der Waals surface area contributed by atoms with Crippen LogP contribution in [0, 0.1) is 21.7 Å². The molecule has 2 amide bonds. The number of hydrogen-bond donors (Lipinski definition) is 4. The Morgan fingerprint density at radius 1 is 0.444 bits per heavy atom. The lowest BCUT2D eigenvalue weighted by molar-refractivity contribution is -0.474. The molecule has 0 radical (unpaired) electrons. The van der Waals surface area contributed by atoms with E-state index in [1.807, 2.05) is 60.7 Å². The Labute approximate surface area is 310 Å². The first-order valence-electron chi connectivity index (χ1n) is 18.0. The van der Waals surface area contributed by atoms with Gasteiger partial charge in [-0.05, 0) is 35.4 Å². The van der Waals surface area contributed by atoms with E-state index >= 15 is 0 Å². The summed E-state index contributed by atoms with van der Waals surface area (Å²) < 4.78 is 11.2. The van der Waals surface area contributed by atoms with E-state index in [2.05, 4.69) is 0 Å². The maximum Gasteiger partial charge on any atom is 0.418 e. The largest absolute Gasteiger partial charge is 0.418 e. The molecule has 276 valence electrons. The van der Waals surface area contributed by atoms with Crippen molar-refractivity contribution < 1.29 is 49.1 Å². The van der Waals surface area contributed by atoms with Gasteiger partial charge in [0.05, 0.1) is 61.7 Å². The molecule has 0 spiro atoms. The highest BCUT2D eigenvalue weighted by molar-refractivity contribution is 5.98. The number of carbonyl (C=O) groups excluding carboxylic acids is 4. The van der Waals surface area contributed by atoms with Gasteiger partial charge in [-0.1, -0.05) is 97.1 Å². The zero-order valence-corrected chi connectivity index (χ0v) is 29.0. The van der Waals surface area contributed by atoms with Gasteiger partial charge in [0.15, 0.2) is 0 Å². The number of carbonyl (C=O) groups is 4. The number of aliphatic hydroxyl groups is 4. The summed E-state index contributed by atoms with van der Waals surface area (Å²) in [6.07, 6.45) is -2.12. The molecule has 12 nitrogen and oxygen atoms in total. The Hall–Kier alpha value is -5.40. The minimum Gasteiger partial charge on any atom is -0.396 e. The van der Waals surface area contributed by atoms with Crippen LogP contribution >= 0.6 is 0 Å². The van der Waals surface area contributed by atoms with Gasteiger partial charge in [-0.2, -0.15) is 0 Å². The molecule has 6 aliphatic rings. The molecule has 4 aromatic carbocycles. The van der Waals surface area contributed by atoms with Gasteiger partial charge in [0, 0.05) is 33.5 Å². The normalized spacial score (nSPS) is 34.7. The molecule has 6 fully saturated rings. The van der Waals surface area contributed by atoms with Gasteiger partial charge in [0.25, 0.3) is 0 Å². The molecule has 4 heterocycles. The Bertz CT molecular complexity index is 1910. The third kappa shape index (κ3) is 3.85. The van der Waals surface area contributed by atoms with Gasteiger partial charge in [0.1, 0.15) is 0 Å². The second-order valence-electron chi connectivity index (χ2n) is 15.2. The number of ether oxygens (including phenoxy) is 2. The maximum absolute atomic E-state index is 14.7. The Morgan fingerprint density at radius 3 is 0.963 bits per heavy atom. The van der Waals surface area contributed by atoms with Gasteiger partial charge < -0.3 is 29.9 Å². The molecule has 4 aliphatic heterocycles. The van der Waals surface area contributed by atoms with Crippen molar-refractivity contribution in [1.29, 1.82) is 0 Å². The van der Waals surface area contributed by atoms with Crippen molar-refractivity contribution in [3.63, 3.8) is 0 Å². The van der Waals surface area contributed by atoms with E-state index in [0.717, 1.165) is 0 Å².